The molecule has 1 unspecified atom stereocenters. The third-order valence-corrected chi connectivity index (χ3v) is 4.29. The minimum absolute atomic E-state index is 0.0361. The van der Waals surface area contributed by atoms with Crippen LogP contribution >= 0.6 is 0 Å². The first kappa shape index (κ1) is 17.9. The Labute approximate surface area is 151 Å². The van der Waals surface area contributed by atoms with Gasteiger partial charge < -0.3 is 19.3 Å². The summed E-state index contributed by atoms with van der Waals surface area (Å²) in [5.74, 6) is 0.649. The molecular formula is C18H22N4O4. The van der Waals surface area contributed by atoms with Crippen molar-refractivity contribution in [3.63, 3.8) is 0 Å². The highest BCUT2D eigenvalue weighted by molar-refractivity contribution is 5.85. The smallest absolute Gasteiger partial charge is 0.328 e. The van der Waals surface area contributed by atoms with E-state index in [1.807, 2.05) is 38.1 Å². The summed E-state index contributed by atoms with van der Waals surface area (Å²) in [7, 11) is 0. The van der Waals surface area contributed by atoms with E-state index < -0.39 is 12.0 Å². The van der Waals surface area contributed by atoms with E-state index in [-0.39, 0.29) is 31.5 Å². The highest BCUT2D eigenvalue weighted by atomic mass is 16.5. The number of aryl methyl sites for hydroxylation is 1. The SMILES string of the molecule is Cc1nnc2n1CC(C(=O)O)N(C(=O)Cc1cccc(OC(C)C)c1)C2. The monoisotopic (exact) mass is 358 g/mol. The number of fused-ring (bicyclic) bond motifs is 1. The minimum Gasteiger partial charge on any atom is -0.491 e. The van der Waals surface area contributed by atoms with Crippen LogP contribution in [0, 0.1) is 6.92 Å². The molecule has 2 aromatic rings. The van der Waals surface area contributed by atoms with Gasteiger partial charge in [0.25, 0.3) is 0 Å². The summed E-state index contributed by atoms with van der Waals surface area (Å²) in [6.45, 7) is 5.93. The first-order valence-electron chi connectivity index (χ1n) is 8.51. The Bertz CT molecular complexity index is 830. The third-order valence-electron chi connectivity index (χ3n) is 4.29. The number of carbonyl (C=O) groups excluding carboxylic acids is 1. The molecule has 0 saturated heterocycles. The van der Waals surface area contributed by atoms with Crippen molar-refractivity contribution in [3.05, 3.63) is 41.5 Å². The lowest BCUT2D eigenvalue weighted by Gasteiger charge is -2.33. The van der Waals surface area contributed by atoms with Crippen molar-refractivity contribution in [2.24, 2.45) is 0 Å². The molecule has 1 aliphatic rings. The van der Waals surface area contributed by atoms with E-state index in [2.05, 4.69) is 10.2 Å². The van der Waals surface area contributed by atoms with Gasteiger partial charge in [-0.15, -0.1) is 10.2 Å². The van der Waals surface area contributed by atoms with Crippen molar-refractivity contribution in [2.45, 2.75) is 52.4 Å². The molecule has 8 nitrogen and oxygen atoms in total. The molecule has 0 spiro atoms. The van der Waals surface area contributed by atoms with E-state index in [9.17, 15) is 14.7 Å². The van der Waals surface area contributed by atoms with Gasteiger partial charge in [-0.1, -0.05) is 12.1 Å². The highest BCUT2D eigenvalue weighted by Gasteiger charge is 2.36. The fourth-order valence-electron chi connectivity index (χ4n) is 3.06. The van der Waals surface area contributed by atoms with Gasteiger partial charge in [0.1, 0.15) is 17.6 Å². The van der Waals surface area contributed by atoms with Crippen LogP contribution in [0.25, 0.3) is 0 Å². The molecule has 138 valence electrons. The molecule has 26 heavy (non-hydrogen) atoms. The van der Waals surface area contributed by atoms with Crippen LogP contribution in [0.15, 0.2) is 24.3 Å². The van der Waals surface area contributed by atoms with Gasteiger partial charge in [0.15, 0.2) is 5.82 Å². The van der Waals surface area contributed by atoms with Crippen LogP contribution in [0.3, 0.4) is 0 Å². The Morgan fingerprint density at radius 2 is 2.12 bits per heavy atom. The van der Waals surface area contributed by atoms with Gasteiger partial charge in [0, 0.05) is 0 Å². The van der Waals surface area contributed by atoms with Crippen LogP contribution < -0.4 is 4.74 Å². The number of carboxylic acids is 1. The molecule has 1 aromatic carbocycles. The molecule has 1 atom stereocenters. The van der Waals surface area contributed by atoms with Gasteiger partial charge in [0.05, 0.1) is 25.6 Å². The fraction of sp³-hybridized carbons (Fsp3) is 0.444. The Morgan fingerprint density at radius 1 is 1.35 bits per heavy atom. The lowest BCUT2D eigenvalue weighted by molar-refractivity contribution is -0.152. The predicted molar refractivity (Wildman–Crippen MR) is 92.6 cm³/mol. The number of rotatable bonds is 5. The van der Waals surface area contributed by atoms with E-state index >= 15 is 0 Å². The van der Waals surface area contributed by atoms with Gasteiger partial charge in [-0.3, -0.25) is 4.79 Å². The molecule has 3 rings (SSSR count). The molecule has 2 heterocycles. The maximum Gasteiger partial charge on any atom is 0.328 e. The minimum atomic E-state index is -1.03. The number of nitrogens with zero attached hydrogens (tertiary/aromatic N) is 4. The second-order valence-electron chi connectivity index (χ2n) is 6.64. The number of hydrogen-bond donors (Lipinski definition) is 1. The number of carbonyl (C=O) groups is 2. The zero-order valence-corrected chi connectivity index (χ0v) is 15.0. The van der Waals surface area contributed by atoms with E-state index in [0.29, 0.717) is 17.4 Å². The van der Waals surface area contributed by atoms with Crippen LogP contribution in [-0.2, 0) is 29.1 Å². The molecule has 0 bridgehead atoms. The number of carboxylic acid groups (broad SMARTS) is 1. The first-order chi connectivity index (χ1) is 12.3. The number of ether oxygens (including phenoxy) is 1. The van der Waals surface area contributed by atoms with Crippen LogP contribution in [0.5, 0.6) is 5.75 Å². The quantitative estimate of drug-likeness (QED) is 0.868. The second-order valence-corrected chi connectivity index (χ2v) is 6.64. The summed E-state index contributed by atoms with van der Waals surface area (Å²) < 4.78 is 7.40. The molecule has 0 saturated carbocycles. The average molecular weight is 358 g/mol. The molecule has 0 radical (unpaired) electrons. The van der Waals surface area contributed by atoms with Crippen LogP contribution in [0.2, 0.25) is 0 Å². The summed E-state index contributed by atoms with van der Waals surface area (Å²) in [6.07, 6.45) is 0.140. The molecule has 0 aliphatic carbocycles. The van der Waals surface area contributed by atoms with E-state index in [1.165, 1.54) is 4.90 Å². The zero-order chi connectivity index (χ0) is 18.8. The van der Waals surface area contributed by atoms with Gasteiger partial charge in [0.2, 0.25) is 5.91 Å². The van der Waals surface area contributed by atoms with Crippen molar-refractivity contribution < 1.29 is 19.4 Å². The predicted octanol–water partition coefficient (Wildman–Crippen LogP) is 1.41. The van der Waals surface area contributed by atoms with E-state index in [1.54, 1.807) is 11.5 Å². The van der Waals surface area contributed by atoms with Crippen molar-refractivity contribution >= 4 is 11.9 Å². The Hall–Kier alpha value is -2.90. The molecule has 1 aliphatic heterocycles. The largest absolute Gasteiger partial charge is 0.491 e. The molecule has 1 N–H and O–H groups in total. The van der Waals surface area contributed by atoms with Gasteiger partial charge in [-0.2, -0.15) is 0 Å². The van der Waals surface area contributed by atoms with Gasteiger partial charge in [-0.05, 0) is 38.5 Å². The van der Waals surface area contributed by atoms with Crippen molar-refractivity contribution in [1.82, 2.24) is 19.7 Å². The Balaban J connectivity index is 1.79. The number of hydrogen-bond acceptors (Lipinski definition) is 5. The average Bonchev–Trinajstić information content (AvgIpc) is 2.94. The highest BCUT2D eigenvalue weighted by Crippen LogP contribution is 2.21. The summed E-state index contributed by atoms with van der Waals surface area (Å²) in [5, 5.41) is 17.6. The normalized spacial score (nSPS) is 16.5. The van der Waals surface area contributed by atoms with E-state index in [0.717, 1.165) is 5.56 Å². The molecule has 1 amide bonds. The second kappa shape index (κ2) is 7.15. The first-order valence-corrected chi connectivity index (χ1v) is 8.51. The maximum absolute atomic E-state index is 12.8. The Kier molecular flexibility index (Phi) is 4.92. The van der Waals surface area contributed by atoms with Crippen molar-refractivity contribution in [3.8, 4) is 5.75 Å². The lowest BCUT2D eigenvalue weighted by Crippen LogP contribution is -2.51. The van der Waals surface area contributed by atoms with Crippen LogP contribution in [0.4, 0.5) is 0 Å². The summed E-state index contributed by atoms with van der Waals surface area (Å²) in [6, 6.07) is 6.37. The summed E-state index contributed by atoms with van der Waals surface area (Å²) in [5.41, 5.74) is 0.778. The molecule has 0 fully saturated rings. The number of benzene rings is 1. The number of aliphatic carboxylic acids is 1. The maximum atomic E-state index is 12.8. The van der Waals surface area contributed by atoms with Crippen molar-refractivity contribution in [2.75, 3.05) is 0 Å². The fourth-order valence-corrected chi connectivity index (χ4v) is 3.06. The molecular weight excluding hydrogens is 336 g/mol. The van der Waals surface area contributed by atoms with Crippen LogP contribution in [-0.4, -0.2) is 48.8 Å². The molecule has 1 aromatic heterocycles. The standard InChI is InChI=1S/C18H22N4O4/c1-11(2)26-14-6-4-5-13(7-14)8-17(23)22-10-16-20-19-12(3)21(16)9-15(22)18(24)25/h4-7,11,15H,8-10H2,1-3H3,(H,24,25). The number of aromatic nitrogens is 3. The zero-order valence-electron chi connectivity index (χ0n) is 15.0. The molecule has 8 heteroatoms. The number of amides is 1. The van der Waals surface area contributed by atoms with E-state index in [4.69, 9.17) is 4.74 Å². The van der Waals surface area contributed by atoms with Gasteiger partial charge in [-0.25, -0.2) is 4.79 Å². The summed E-state index contributed by atoms with van der Waals surface area (Å²) in [4.78, 5) is 25.8. The topological polar surface area (TPSA) is 97.5 Å². The van der Waals surface area contributed by atoms with Crippen molar-refractivity contribution in [1.29, 1.82) is 0 Å². The summed E-state index contributed by atoms with van der Waals surface area (Å²) >= 11 is 0. The third kappa shape index (κ3) is 3.68. The van der Waals surface area contributed by atoms with Crippen LogP contribution in [0.1, 0.15) is 31.1 Å². The Morgan fingerprint density at radius 3 is 2.81 bits per heavy atom. The van der Waals surface area contributed by atoms with Gasteiger partial charge >= 0.3 is 5.97 Å². The lowest BCUT2D eigenvalue weighted by atomic mass is 10.1.